The smallest absolute Gasteiger partial charge is 0.251 e. The van der Waals surface area contributed by atoms with Gasteiger partial charge in [-0.3, -0.25) is 9.89 Å². The van der Waals surface area contributed by atoms with Crippen molar-refractivity contribution in [2.24, 2.45) is 0 Å². The van der Waals surface area contributed by atoms with Crippen molar-refractivity contribution in [1.29, 1.82) is 0 Å². The van der Waals surface area contributed by atoms with Crippen LogP contribution < -0.4 is 10.1 Å². The first-order valence-corrected chi connectivity index (χ1v) is 8.35. The molecule has 1 amide bonds. The topological polar surface area (TPSA) is 87.2 Å². The summed E-state index contributed by atoms with van der Waals surface area (Å²) in [5.41, 5.74) is 2.78. The molecule has 1 aromatic heterocycles. The Kier molecular flexibility index (Phi) is 5.55. The number of nitrogens with zero attached hydrogens (tertiary/aromatic N) is 1. The number of nitrogens with one attached hydrogen (secondary N) is 2. The molecule has 0 saturated heterocycles. The molecule has 0 bridgehead atoms. The largest absolute Gasteiger partial charge is 0.496 e. The number of methoxy groups -OCH3 is 1. The maximum absolute atomic E-state index is 12.4. The van der Waals surface area contributed by atoms with Gasteiger partial charge in [0.2, 0.25) is 0 Å². The van der Waals surface area contributed by atoms with Gasteiger partial charge in [-0.25, -0.2) is 0 Å². The third-order valence-corrected chi connectivity index (χ3v) is 4.20. The molecule has 0 aliphatic rings. The Bertz CT molecular complexity index is 897. The van der Waals surface area contributed by atoms with Crippen LogP contribution in [0.1, 0.15) is 22.0 Å². The summed E-state index contributed by atoms with van der Waals surface area (Å²) >= 11 is 5.92. The summed E-state index contributed by atoms with van der Waals surface area (Å²) in [6, 6.07) is 12.1. The van der Waals surface area contributed by atoms with Crippen molar-refractivity contribution in [3.8, 4) is 16.9 Å². The molecular weight excluding hydrogens is 354 g/mol. The van der Waals surface area contributed by atoms with E-state index in [1.807, 2.05) is 0 Å². The van der Waals surface area contributed by atoms with Crippen molar-refractivity contribution in [3.63, 3.8) is 0 Å². The second-order valence-electron chi connectivity index (χ2n) is 5.68. The zero-order chi connectivity index (χ0) is 18.5. The van der Waals surface area contributed by atoms with Crippen LogP contribution in [0.5, 0.6) is 5.75 Å². The normalized spacial score (nSPS) is 11.8. The van der Waals surface area contributed by atoms with Crippen LogP contribution in [0.15, 0.2) is 54.9 Å². The highest BCUT2D eigenvalue weighted by Gasteiger charge is 2.14. The van der Waals surface area contributed by atoms with Gasteiger partial charge in [0, 0.05) is 34.5 Å². The fourth-order valence-corrected chi connectivity index (χ4v) is 2.79. The molecule has 0 aliphatic heterocycles. The molecule has 134 valence electrons. The lowest BCUT2D eigenvalue weighted by Crippen LogP contribution is -2.28. The minimum Gasteiger partial charge on any atom is -0.496 e. The third-order valence-electron chi connectivity index (χ3n) is 3.96. The molecule has 0 fully saturated rings. The minimum absolute atomic E-state index is 0.0744. The summed E-state index contributed by atoms with van der Waals surface area (Å²) in [5, 5.41) is 20.1. The van der Waals surface area contributed by atoms with E-state index in [9.17, 15) is 9.90 Å². The van der Waals surface area contributed by atoms with Crippen molar-refractivity contribution < 1.29 is 14.6 Å². The van der Waals surface area contributed by atoms with Gasteiger partial charge >= 0.3 is 0 Å². The van der Waals surface area contributed by atoms with Gasteiger partial charge in [0.15, 0.2) is 0 Å². The number of H-pyrrole nitrogens is 1. The molecule has 3 aromatic rings. The Morgan fingerprint density at radius 3 is 2.88 bits per heavy atom. The van der Waals surface area contributed by atoms with Crippen LogP contribution in [0.25, 0.3) is 11.1 Å². The predicted molar refractivity (Wildman–Crippen MR) is 99.3 cm³/mol. The van der Waals surface area contributed by atoms with E-state index in [-0.39, 0.29) is 12.5 Å². The number of amides is 1. The van der Waals surface area contributed by atoms with Crippen molar-refractivity contribution >= 4 is 17.5 Å². The monoisotopic (exact) mass is 371 g/mol. The predicted octanol–water partition coefficient (Wildman–Crippen LogP) is 3.20. The van der Waals surface area contributed by atoms with Crippen LogP contribution in [0.2, 0.25) is 5.02 Å². The minimum atomic E-state index is -0.843. The molecule has 3 rings (SSSR count). The first-order valence-electron chi connectivity index (χ1n) is 7.97. The van der Waals surface area contributed by atoms with E-state index in [2.05, 4.69) is 15.5 Å². The molecule has 26 heavy (non-hydrogen) atoms. The van der Waals surface area contributed by atoms with Crippen LogP contribution in [-0.4, -0.2) is 34.9 Å². The zero-order valence-electron chi connectivity index (χ0n) is 14.1. The Labute approximate surface area is 155 Å². The number of benzene rings is 2. The number of aliphatic hydroxyl groups is 1. The second kappa shape index (κ2) is 8.03. The second-order valence-corrected chi connectivity index (χ2v) is 6.12. The van der Waals surface area contributed by atoms with Gasteiger partial charge in [-0.1, -0.05) is 23.7 Å². The van der Waals surface area contributed by atoms with E-state index in [0.29, 0.717) is 21.9 Å². The van der Waals surface area contributed by atoms with E-state index in [1.165, 1.54) is 0 Å². The number of ether oxygens (including phenoxy) is 1. The molecule has 0 saturated carbocycles. The van der Waals surface area contributed by atoms with Crippen molar-refractivity contribution in [1.82, 2.24) is 15.5 Å². The third kappa shape index (κ3) is 4.04. The first-order chi connectivity index (χ1) is 12.6. The fraction of sp³-hybridized carbons (Fsp3) is 0.158. The number of aromatic nitrogens is 2. The molecule has 1 atom stereocenters. The Morgan fingerprint density at radius 1 is 1.35 bits per heavy atom. The summed E-state index contributed by atoms with van der Waals surface area (Å²) in [7, 11) is 1.55. The Hall–Kier alpha value is -2.83. The molecule has 7 heteroatoms. The van der Waals surface area contributed by atoms with Crippen LogP contribution in [0, 0.1) is 0 Å². The number of halogens is 1. The number of carbonyl (C=O) groups excluding carboxylic acids is 1. The number of aromatic amines is 1. The first kappa shape index (κ1) is 18.0. The highest BCUT2D eigenvalue weighted by Crippen LogP contribution is 2.30. The molecule has 0 radical (unpaired) electrons. The van der Waals surface area contributed by atoms with Gasteiger partial charge in [-0.2, -0.15) is 5.10 Å². The van der Waals surface area contributed by atoms with Gasteiger partial charge < -0.3 is 15.2 Å². The highest BCUT2D eigenvalue weighted by molar-refractivity contribution is 6.30. The van der Waals surface area contributed by atoms with E-state index < -0.39 is 6.10 Å². The maximum atomic E-state index is 12.4. The number of rotatable bonds is 6. The quantitative estimate of drug-likeness (QED) is 0.621. The van der Waals surface area contributed by atoms with Crippen LogP contribution in [-0.2, 0) is 0 Å². The lowest BCUT2D eigenvalue weighted by molar-refractivity contribution is 0.0916. The van der Waals surface area contributed by atoms with Gasteiger partial charge in [-0.05, 0) is 35.9 Å². The number of aliphatic hydroxyl groups excluding tert-OH is 1. The van der Waals surface area contributed by atoms with Crippen molar-refractivity contribution in [3.05, 3.63) is 71.0 Å². The Morgan fingerprint density at radius 2 is 2.19 bits per heavy atom. The molecule has 1 heterocycles. The van der Waals surface area contributed by atoms with E-state index in [0.717, 1.165) is 11.1 Å². The van der Waals surface area contributed by atoms with Gasteiger partial charge in [0.05, 0.1) is 19.4 Å². The maximum Gasteiger partial charge on any atom is 0.251 e. The number of hydrogen-bond acceptors (Lipinski definition) is 4. The molecule has 0 aliphatic carbocycles. The molecule has 0 unspecified atom stereocenters. The van der Waals surface area contributed by atoms with E-state index in [1.54, 1.807) is 62.0 Å². The Balaban J connectivity index is 1.70. The lowest BCUT2D eigenvalue weighted by Gasteiger charge is -2.14. The molecule has 0 spiro atoms. The molecule has 6 nitrogen and oxygen atoms in total. The summed E-state index contributed by atoms with van der Waals surface area (Å²) < 4.78 is 5.38. The van der Waals surface area contributed by atoms with Gasteiger partial charge in [0.1, 0.15) is 5.75 Å². The number of hydrogen-bond donors (Lipinski definition) is 3. The van der Waals surface area contributed by atoms with E-state index in [4.69, 9.17) is 16.3 Å². The average Bonchev–Trinajstić information content (AvgIpc) is 3.19. The average molecular weight is 372 g/mol. The molecule has 3 N–H and O–H groups in total. The standard InChI is InChI=1S/C19H18ClN3O3/c1-26-18-8-13(5-6-16(18)14-9-22-23-10-14)19(25)21-11-17(24)12-3-2-4-15(20)7-12/h2-10,17,24H,11H2,1H3,(H,21,25)(H,22,23)/t17-/m1/s1. The van der Waals surface area contributed by atoms with Gasteiger partial charge in [-0.15, -0.1) is 0 Å². The van der Waals surface area contributed by atoms with Gasteiger partial charge in [0.25, 0.3) is 5.91 Å². The van der Waals surface area contributed by atoms with Crippen molar-refractivity contribution in [2.75, 3.05) is 13.7 Å². The summed E-state index contributed by atoms with van der Waals surface area (Å²) in [6.45, 7) is 0.0744. The fourth-order valence-electron chi connectivity index (χ4n) is 2.59. The van der Waals surface area contributed by atoms with Crippen molar-refractivity contribution in [2.45, 2.75) is 6.10 Å². The van der Waals surface area contributed by atoms with Crippen LogP contribution in [0.4, 0.5) is 0 Å². The summed E-state index contributed by atoms with van der Waals surface area (Å²) in [4.78, 5) is 12.4. The lowest BCUT2D eigenvalue weighted by atomic mass is 10.0. The zero-order valence-corrected chi connectivity index (χ0v) is 14.8. The molecule has 2 aromatic carbocycles. The summed E-state index contributed by atoms with van der Waals surface area (Å²) in [5.74, 6) is 0.262. The highest BCUT2D eigenvalue weighted by atomic mass is 35.5. The SMILES string of the molecule is COc1cc(C(=O)NC[C@@H](O)c2cccc(Cl)c2)ccc1-c1cn[nH]c1. The number of carbonyl (C=O) groups is 1. The van der Waals surface area contributed by atoms with Crippen LogP contribution >= 0.6 is 11.6 Å². The van der Waals surface area contributed by atoms with Crippen LogP contribution in [0.3, 0.4) is 0 Å². The van der Waals surface area contributed by atoms with E-state index >= 15 is 0 Å². The molecular formula is C19H18ClN3O3. The summed E-state index contributed by atoms with van der Waals surface area (Å²) in [6.07, 6.45) is 2.59.